The first kappa shape index (κ1) is 29.9. The highest BCUT2D eigenvalue weighted by molar-refractivity contribution is 6.15. The standard InChI is InChI=1S/C47H30N4O/c1-29-34(33-22-25-41-40(28-33)44-42(52-41)21-12-26-48-44)23-24-38(39-27-32-17-8-9-18-35(32)36-19-10-11-20-37(36)39)43(29)47-50-45(30-13-4-2-5-14-30)49-46(51-47)31-15-6-3-7-16-31/h2-28H,1H3. The third-order valence-electron chi connectivity index (χ3n) is 9.98. The zero-order valence-electron chi connectivity index (χ0n) is 28.3. The number of furan rings is 1. The Bertz CT molecular complexity index is 2910. The van der Waals surface area contributed by atoms with Gasteiger partial charge >= 0.3 is 0 Å². The average molecular weight is 667 g/mol. The van der Waals surface area contributed by atoms with Crippen molar-refractivity contribution in [1.82, 2.24) is 19.9 Å². The molecule has 0 bridgehead atoms. The Morgan fingerprint density at radius 1 is 0.423 bits per heavy atom. The highest BCUT2D eigenvalue weighted by Gasteiger charge is 2.22. The summed E-state index contributed by atoms with van der Waals surface area (Å²) in [4.78, 5) is 20.2. The average Bonchev–Trinajstić information content (AvgIpc) is 3.59. The molecule has 0 amide bonds. The highest BCUT2D eigenvalue weighted by atomic mass is 16.3. The Labute approximate surface area is 299 Å². The van der Waals surface area contributed by atoms with E-state index in [-0.39, 0.29) is 0 Å². The SMILES string of the molecule is Cc1c(-c2ccc3oc4cccnc4c3c2)ccc(-c2cc3ccccc3c3ccccc23)c1-c1nc(-c2ccccc2)nc(-c2ccccc2)n1. The van der Waals surface area contributed by atoms with E-state index in [1.54, 1.807) is 0 Å². The van der Waals surface area contributed by atoms with Gasteiger partial charge in [-0.05, 0) is 86.6 Å². The van der Waals surface area contributed by atoms with Crippen LogP contribution in [-0.2, 0) is 0 Å². The smallest absolute Gasteiger partial charge is 0.165 e. The minimum Gasteiger partial charge on any atom is -0.454 e. The molecule has 52 heavy (non-hydrogen) atoms. The molecule has 0 aliphatic carbocycles. The summed E-state index contributed by atoms with van der Waals surface area (Å²) in [5.74, 6) is 1.87. The van der Waals surface area contributed by atoms with E-state index >= 15 is 0 Å². The minimum absolute atomic E-state index is 0.621. The van der Waals surface area contributed by atoms with Crippen molar-refractivity contribution in [3.63, 3.8) is 0 Å². The van der Waals surface area contributed by atoms with Gasteiger partial charge in [0.2, 0.25) is 0 Å². The zero-order chi connectivity index (χ0) is 34.6. The summed E-state index contributed by atoms with van der Waals surface area (Å²) >= 11 is 0. The molecular formula is C47H30N4O. The molecule has 10 rings (SSSR count). The lowest BCUT2D eigenvalue weighted by Crippen LogP contribution is -2.03. The van der Waals surface area contributed by atoms with E-state index in [9.17, 15) is 0 Å². The molecule has 5 nitrogen and oxygen atoms in total. The highest BCUT2D eigenvalue weighted by Crippen LogP contribution is 2.44. The maximum atomic E-state index is 6.14. The molecule has 5 heteroatoms. The number of aromatic nitrogens is 4. The lowest BCUT2D eigenvalue weighted by molar-refractivity contribution is 0.668. The molecule has 0 spiro atoms. The number of fused-ring (bicyclic) bond motifs is 6. The van der Waals surface area contributed by atoms with Crippen LogP contribution < -0.4 is 0 Å². The number of rotatable bonds is 5. The van der Waals surface area contributed by atoms with E-state index in [2.05, 4.69) is 90.8 Å². The van der Waals surface area contributed by atoms with Crippen molar-refractivity contribution in [3.05, 3.63) is 169 Å². The van der Waals surface area contributed by atoms with Crippen LogP contribution in [0.2, 0.25) is 0 Å². The normalized spacial score (nSPS) is 11.6. The molecular weight excluding hydrogens is 637 g/mol. The van der Waals surface area contributed by atoms with E-state index in [4.69, 9.17) is 19.4 Å². The van der Waals surface area contributed by atoms with Gasteiger partial charge in [-0.15, -0.1) is 0 Å². The maximum absolute atomic E-state index is 6.14. The molecule has 10 aromatic rings. The zero-order valence-corrected chi connectivity index (χ0v) is 28.3. The fourth-order valence-electron chi connectivity index (χ4n) is 7.50. The molecule has 0 atom stereocenters. The van der Waals surface area contributed by atoms with Crippen molar-refractivity contribution in [2.45, 2.75) is 6.92 Å². The Kier molecular flexibility index (Phi) is 6.96. The Morgan fingerprint density at radius 3 is 1.81 bits per heavy atom. The van der Waals surface area contributed by atoms with Crippen LogP contribution >= 0.6 is 0 Å². The predicted molar refractivity (Wildman–Crippen MR) is 212 cm³/mol. The summed E-state index contributed by atoms with van der Waals surface area (Å²) in [6, 6.07) is 54.5. The quantitative estimate of drug-likeness (QED) is 0.171. The lowest BCUT2D eigenvalue weighted by atomic mass is 9.86. The van der Waals surface area contributed by atoms with Crippen molar-refractivity contribution < 1.29 is 4.42 Å². The predicted octanol–water partition coefficient (Wildman–Crippen LogP) is 12.1. The second kappa shape index (κ2) is 12.1. The van der Waals surface area contributed by atoms with Gasteiger partial charge in [0.15, 0.2) is 23.1 Å². The number of hydrogen-bond acceptors (Lipinski definition) is 5. The maximum Gasteiger partial charge on any atom is 0.165 e. The summed E-state index contributed by atoms with van der Waals surface area (Å²) in [6.45, 7) is 2.18. The molecule has 0 unspecified atom stereocenters. The number of benzene rings is 7. The second-order valence-corrected chi connectivity index (χ2v) is 13.1. The van der Waals surface area contributed by atoms with Crippen molar-refractivity contribution in [3.8, 4) is 56.4 Å². The first-order valence-electron chi connectivity index (χ1n) is 17.4. The largest absolute Gasteiger partial charge is 0.454 e. The van der Waals surface area contributed by atoms with Gasteiger partial charge in [-0.3, -0.25) is 4.98 Å². The third-order valence-corrected chi connectivity index (χ3v) is 9.98. The first-order valence-corrected chi connectivity index (χ1v) is 17.4. The van der Waals surface area contributed by atoms with Gasteiger partial charge in [-0.1, -0.05) is 127 Å². The van der Waals surface area contributed by atoms with E-state index < -0.39 is 0 Å². The first-order chi connectivity index (χ1) is 25.7. The lowest BCUT2D eigenvalue weighted by Gasteiger charge is -2.19. The number of pyridine rings is 1. The van der Waals surface area contributed by atoms with Crippen LogP contribution in [-0.4, -0.2) is 19.9 Å². The summed E-state index contributed by atoms with van der Waals surface area (Å²) in [7, 11) is 0. The van der Waals surface area contributed by atoms with Crippen molar-refractivity contribution in [2.24, 2.45) is 0 Å². The Morgan fingerprint density at radius 2 is 1.06 bits per heavy atom. The molecule has 3 heterocycles. The fourth-order valence-corrected chi connectivity index (χ4v) is 7.50. The molecule has 0 saturated heterocycles. The van der Waals surface area contributed by atoms with Crippen LogP contribution in [0.4, 0.5) is 0 Å². The number of nitrogens with zero attached hydrogens (tertiary/aromatic N) is 4. The third kappa shape index (κ3) is 4.94. The van der Waals surface area contributed by atoms with Gasteiger partial charge in [-0.2, -0.15) is 0 Å². The molecule has 0 N–H and O–H groups in total. The van der Waals surface area contributed by atoms with Crippen molar-refractivity contribution in [2.75, 3.05) is 0 Å². The molecule has 0 saturated carbocycles. The van der Waals surface area contributed by atoms with Gasteiger partial charge in [0, 0.05) is 28.3 Å². The van der Waals surface area contributed by atoms with Gasteiger partial charge in [0.1, 0.15) is 11.1 Å². The van der Waals surface area contributed by atoms with Gasteiger partial charge in [0.25, 0.3) is 0 Å². The fraction of sp³-hybridized carbons (Fsp3) is 0.0213. The molecule has 3 aromatic heterocycles. The van der Waals surface area contributed by atoms with Crippen LogP contribution in [0, 0.1) is 6.92 Å². The van der Waals surface area contributed by atoms with Crippen LogP contribution in [0.3, 0.4) is 0 Å². The van der Waals surface area contributed by atoms with E-state index in [0.717, 1.165) is 66.6 Å². The Hall–Kier alpha value is -6.98. The van der Waals surface area contributed by atoms with Gasteiger partial charge in [0.05, 0.1) is 0 Å². The number of hydrogen-bond donors (Lipinski definition) is 0. The monoisotopic (exact) mass is 666 g/mol. The van der Waals surface area contributed by atoms with Crippen molar-refractivity contribution in [1.29, 1.82) is 0 Å². The second-order valence-electron chi connectivity index (χ2n) is 13.1. The van der Waals surface area contributed by atoms with Crippen LogP contribution in [0.15, 0.2) is 168 Å². The van der Waals surface area contributed by atoms with E-state index in [1.807, 2.05) is 85.1 Å². The molecule has 0 aliphatic rings. The van der Waals surface area contributed by atoms with Crippen LogP contribution in [0.25, 0.3) is 100 Å². The van der Waals surface area contributed by atoms with Crippen LogP contribution in [0.5, 0.6) is 0 Å². The van der Waals surface area contributed by atoms with Gasteiger partial charge < -0.3 is 4.42 Å². The molecule has 0 radical (unpaired) electrons. The molecule has 0 fully saturated rings. The Balaban J connectivity index is 1.29. The van der Waals surface area contributed by atoms with E-state index in [0.29, 0.717) is 17.5 Å². The molecule has 0 aliphatic heterocycles. The van der Waals surface area contributed by atoms with Crippen LogP contribution in [0.1, 0.15) is 5.56 Å². The minimum atomic E-state index is 0.621. The van der Waals surface area contributed by atoms with Crippen molar-refractivity contribution >= 4 is 43.6 Å². The topological polar surface area (TPSA) is 64.7 Å². The summed E-state index contributed by atoms with van der Waals surface area (Å²) in [5, 5.41) is 5.77. The molecule has 7 aromatic carbocycles. The van der Waals surface area contributed by atoms with Gasteiger partial charge in [-0.25, -0.2) is 15.0 Å². The summed E-state index contributed by atoms with van der Waals surface area (Å²) in [6.07, 6.45) is 1.81. The summed E-state index contributed by atoms with van der Waals surface area (Å²) in [5.41, 5.74) is 10.7. The molecule has 244 valence electrons. The van der Waals surface area contributed by atoms with E-state index in [1.165, 1.54) is 21.5 Å². The summed E-state index contributed by atoms with van der Waals surface area (Å²) < 4.78 is 6.14.